The third-order valence-corrected chi connectivity index (χ3v) is 2.91. The van der Waals surface area contributed by atoms with Gasteiger partial charge in [-0.15, -0.1) is 0 Å². The van der Waals surface area contributed by atoms with Crippen LogP contribution in [0.15, 0.2) is 12.1 Å². The Morgan fingerprint density at radius 3 is 3.00 bits per heavy atom. The number of pyridine rings is 1. The molecule has 76 valence electrons. The Balaban J connectivity index is 2.34. The number of nitrogen functional groups attached to an aromatic ring is 1. The van der Waals surface area contributed by atoms with Crippen LogP contribution in [0.25, 0.3) is 0 Å². The average molecular weight is 212 g/mol. The van der Waals surface area contributed by atoms with E-state index in [9.17, 15) is 0 Å². The normalized spacial score (nSPS) is 21.6. The van der Waals surface area contributed by atoms with Crippen LogP contribution in [-0.2, 0) is 0 Å². The smallest absolute Gasteiger partial charge is 0.153 e. The Bertz CT molecular complexity index is 340. The molecule has 0 spiro atoms. The number of aromatic nitrogens is 1. The van der Waals surface area contributed by atoms with Gasteiger partial charge >= 0.3 is 0 Å². The number of halogens is 1. The molecule has 3 nitrogen and oxygen atoms in total. The summed E-state index contributed by atoms with van der Waals surface area (Å²) in [5.74, 6) is 0.836. The van der Waals surface area contributed by atoms with E-state index in [2.05, 4.69) is 16.8 Å². The predicted molar refractivity (Wildman–Crippen MR) is 59.7 cm³/mol. The maximum absolute atomic E-state index is 5.87. The van der Waals surface area contributed by atoms with Crippen LogP contribution >= 0.6 is 11.6 Å². The minimum absolute atomic E-state index is 0.508. The lowest BCUT2D eigenvalue weighted by Crippen LogP contribution is -2.28. The van der Waals surface area contributed by atoms with E-state index >= 15 is 0 Å². The zero-order chi connectivity index (χ0) is 10.1. The highest BCUT2D eigenvalue weighted by atomic mass is 35.5. The molecule has 1 aromatic heterocycles. The third-order valence-electron chi connectivity index (χ3n) is 2.70. The molecule has 2 heterocycles. The summed E-state index contributed by atoms with van der Waals surface area (Å²) in [6.45, 7) is 3.22. The molecule has 1 aliphatic heterocycles. The summed E-state index contributed by atoms with van der Waals surface area (Å²) in [5, 5.41) is 0.508. The molecule has 1 saturated heterocycles. The zero-order valence-electron chi connectivity index (χ0n) is 8.20. The summed E-state index contributed by atoms with van der Waals surface area (Å²) in [7, 11) is 0. The molecule has 0 radical (unpaired) electrons. The van der Waals surface area contributed by atoms with Gasteiger partial charge < -0.3 is 10.6 Å². The quantitative estimate of drug-likeness (QED) is 0.725. The van der Waals surface area contributed by atoms with Gasteiger partial charge in [-0.25, -0.2) is 4.98 Å². The fraction of sp³-hybridized carbons (Fsp3) is 0.500. The molecule has 0 amide bonds. The average Bonchev–Trinajstić information content (AvgIpc) is 2.56. The monoisotopic (exact) mass is 211 g/mol. The van der Waals surface area contributed by atoms with E-state index in [1.165, 1.54) is 12.8 Å². The standard InChI is InChI=1S/C10H14ClN3/c1-7-3-2-6-14(7)10-8(12)4-5-9(11)13-10/h4-5,7H,2-3,6,12H2,1H3. The van der Waals surface area contributed by atoms with Gasteiger partial charge in [-0.3, -0.25) is 0 Å². The lowest BCUT2D eigenvalue weighted by molar-refractivity contribution is 0.728. The van der Waals surface area contributed by atoms with Gasteiger partial charge in [-0.2, -0.15) is 0 Å². The maximum Gasteiger partial charge on any atom is 0.153 e. The second-order valence-corrected chi connectivity index (χ2v) is 4.12. The van der Waals surface area contributed by atoms with Crippen LogP contribution in [0.1, 0.15) is 19.8 Å². The number of hydrogen-bond donors (Lipinski definition) is 1. The molecule has 1 unspecified atom stereocenters. The molecule has 0 aliphatic carbocycles. The topological polar surface area (TPSA) is 42.2 Å². The summed E-state index contributed by atoms with van der Waals surface area (Å²) in [4.78, 5) is 6.49. The van der Waals surface area contributed by atoms with Crippen molar-refractivity contribution in [2.75, 3.05) is 17.2 Å². The Labute approximate surface area is 88.9 Å². The summed E-state index contributed by atoms with van der Waals surface area (Å²) in [6.07, 6.45) is 2.41. The third kappa shape index (κ3) is 1.64. The molecule has 0 aromatic carbocycles. The van der Waals surface area contributed by atoms with Gasteiger partial charge in [0, 0.05) is 12.6 Å². The summed E-state index contributed by atoms with van der Waals surface area (Å²) < 4.78 is 0. The van der Waals surface area contributed by atoms with Crippen molar-refractivity contribution in [1.29, 1.82) is 0 Å². The van der Waals surface area contributed by atoms with Gasteiger partial charge in [0.1, 0.15) is 5.15 Å². The van der Waals surface area contributed by atoms with Crippen molar-refractivity contribution in [3.05, 3.63) is 17.3 Å². The van der Waals surface area contributed by atoms with Crippen molar-refractivity contribution in [3.63, 3.8) is 0 Å². The van der Waals surface area contributed by atoms with Crippen molar-refractivity contribution in [3.8, 4) is 0 Å². The minimum atomic E-state index is 0.508. The highest BCUT2D eigenvalue weighted by molar-refractivity contribution is 6.29. The molecule has 1 aliphatic rings. The first-order valence-corrected chi connectivity index (χ1v) is 5.25. The molecule has 1 fully saturated rings. The zero-order valence-corrected chi connectivity index (χ0v) is 8.96. The minimum Gasteiger partial charge on any atom is -0.396 e. The van der Waals surface area contributed by atoms with Crippen LogP contribution in [0, 0.1) is 0 Å². The van der Waals surface area contributed by atoms with Gasteiger partial charge in [-0.1, -0.05) is 11.6 Å². The van der Waals surface area contributed by atoms with Crippen molar-refractivity contribution >= 4 is 23.1 Å². The highest BCUT2D eigenvalue weighted by Crippen LogP contribution is 2.29. The van der Waals surface area contributed by atoms with Gasteiger partial charge in [0.2, 0.25) is 0 Å². The van der Waals surface area contributed by atoms with Crippen molar-refractivity contribution in [2.24, 2.45) is 0 Å². The number of rotatable bonds is 1. The molecule has 14 heavy (non-hydrogen) atoms. The predicted octanol–water partition coefficient (Wildman–Crippen LogP) is 2.31. The Morgan fingerprint density at radius 1 is 1.57 bits per heavy atom. The van der Waals surface area contributed by atoms with E-state index in [-0.39, 0.29) is 0 Å². The largest absolute Gasteiger partial charge is 0.396 e. The van der Waals surface area contributed by atoms with E-state index < -0.39 is 0 Å². The second kappa shape index (κ2) is 3.65. The Kier molecular flexibility index (Phi) is 2.50. The molecule has 2 rings (SSSR count). The number of anilines is 2. The molecular formula is C10H14ClN3. The number of hydrogen-bond acceptors (Lipinski definition) is 3. The first-order chi connectivity index (χ1) is 6.68. The summed E-state index contributed by atoms with van der Waals surface area (Å²) in [5.41, 5.74) is 6.58. The van der Waals surface area contributed by atoms with Gasteiger partial charge in [0.15, 0.2) is 5.82 Å². The Morgan fingerprint density at radius 2 is 2.36 bits per heavy atom. The first-order valence-electron chi connectivity index (χ1n) is 4.87. The van der Waals surface area contributed by atoms with Gasteiger partial charge in [0.25, 0.3) is 0 Å². The number of nitrogens with zero attached hydrogens (tertiary/aromatic N) is 2. The molecule has 1 aromatic rings. The van der Waals surface area contributed by atoms with Crippen molar-refractivity contribution in [2.45, 2.75) is 25.8 Å². The molecule has 0 bridgehead atoms. The number of nitrogens with two attached hydrogens (primary N) is 1. The molecule has 2 N–H and O–H groups in total. The molecule has 0 saturated carbocycles. The molecular weight excluding hydrogens is 198 g/mol. The lowest BCUT2D eigenvalue weighted by atomic mass is 10.2. The van der Waals surface area contributed by atoms with E-state index in [0.29, 0.717) is 16.9 Å². The lowest BCUT2D eigenvalue weighted by Gasteiger charge is -2.23. The highest BCUT2D eigenvalue weighted by Gasteiger charge is 2.23. The first kappa shape index (κ1) is 9.59. The Hall–Kier alpha value is -0.960. The van der Waals surface area contributed by atoms with Gasteiger partial charge in [-0.05, 0) is 31.9 Å². The van der Waals surface area contributed by atoms with Crippen LogP contribution in [0.2, 0.25) is 5.15 Å². The second-order valence-electron chi connectivity index (χ2n) is 3.73. The van der Waals surface area contributed by atoms with E-state index in [4.69, 9.17) is 17.3 Å². The van der Waals surface area contributed by atoms with Crippen LogP contribution in [0.4, 0.5) is 11.5 Å². The summed E-state index contributed by atoms with van der Waals surface area (Å²) >= 11 is 5.85. The fourth-order valence-electron chi connectivity index (χ4n) is 1.91. The summed E-state index contributed by atoms with van der Waals surface area (Å²) in [6, 6.07) is 4.06. The molecule has 1 atom stereocenters. The maximum atomic E-state index is 5.87. The molecule has 4 heteroatoms. The SMILES string of the molecule is CC1CCCN1c1nc(Cl)ccc1N. The van der Waals surface area contributed by atoms with E-state index in [1.807, 2.05) is 6.07 Å². The van der Waals surface area contributed by atoms with Crippen LogP contribution in [-0.4, -0.2) is 17.6 Å². The van der Waals surface area contributed by atoms with Crippen LogP contribution in [0.5, 0.6) is 0 Å². The van der Waals surface area contributed by atoms with Crippen LogP contribution in [0.3, 0.4) is 0 Å². The fourth-order valence-corrected chi connectivity index (χ4v) is 2.06. The van der Waals surface area contributed by atoms with Crippen molar-refractivity contribution < 1.29 is 0 Å². The van der Waals surface area contributed by atoms with E-state index in [0.717, 1.165) is 12.4 Å². The van der Waals surface area contributed by atoms with E-state index in [1.54, 1.807) is 6.07 Å². The van der Waals surface area contributed by atoms with Crippen molar-refractivity contribution in [1.82, 2.24) is 4.98 Å². The van der Waals surface area contributed by atoms with Gasteiger partial charge in [0.05, 0.1) is 5.69 Å². The van der Waals surface area contributed by atoms with Crippen LogP contribution < -0.4 is 10.6 Å².